The molecule has 1 fully saturated rings. The van der Waals surface area contributed by atoms with Crippen molar-refractivity contribution in [1.82, 2.24) is 10.4 Å². The van der Waals surface area contributed by atoms with Crippen LogP contribution in [-0.2, 0) is 11.3 Å². The van der Waals surface area contributed by atoms with E-state index in [1.165, 1.54) is 16.2 Å². The topological polar surface area (TPSA) is 50.8 Å². The highest BCUT2D eigenvalue weighted by atomic mass is 16.7. The molecule has 0 saturated carbocycles. The van der Waals surface area contributed by atoms with Gasteiger partial charge in [-0.3, -0.25) is 4.84 Å². The summed E-state index contributed by atoms with van der Waals surface area (Å²) in [6, 6.07) is 18.2. The van der Waals surface area contributed by atoms with Crippen LogP contribution in [0.4, 0.5) is 4.79 Å². The highest BCUT2D eigenvalue weighted by molar-refractivity contribution is 5.74. The van der Waals surface area contributed by atoms with Crippen LogP contribution in [0, 0.1) is 0 Å². The van der Waals surface area contributed by atoms with Gasteiger partial charge < -0.3 is 10.1 Å². The third-order valence-corrected chi connectivity index (χ3v) is 4.65. The predicted molar refractivity (Wildman–Crippen MR) is 101 cm³/mol. The Morgan fingerprint density at radius 2 is 1.85 bits per heavy atom. The van der Waals surface area contributed by atoms with Gasteiger partial charge in [0.1, 0.15) is 5.75 Å². The summed E-state index contributed by atoms with van der Waals surface area (Å²) in [7, 11) is 1.66. The van der Waals surface area contributed by atoms with Gasteiger partial charge in [0.05, 0.1) is 20.3 Å². The van der Waals surface area contributed by atoms with Crippen LogP contribution in [0.15, 0.2) is 54.6 Å². The second-order valence-electron chi connectivity index (χ2n) is 6.49. The Morgan fingerprint density at radius 1 is 1.08 bits per heavy atom. The quantitative estimate of drug-likeness (QED) is 0.735. The molecular weight excluding hydrogens is 328 g/mol. The van der Waals surface area contributed by atoms with E-state index in [1.54, 1.807) is 7.11 Å². The van der Waals surface area contributed by atoms with Gasteiger partial charge in [-0.15, -0.1) is 0 Å². The van der Waals surface area contributed by atoms with Gasteiger partial charge in [0, 0.05) is 12.5 Å². The summed E-state index contributed by atoms with van der Waals surface area (Å²) >= 11 is 0. The predicted octanol–water partition coefficient (Wildman–Crippen LogP) is 3.76. The van der Waals surface area contributed by atoms with Gasteiger partial charge in [-0.2, -0.15) is 0 Å². The van der Waals surface area contributed by atoms with Gasteiger partial charge in [0.2, 0.25) is 0 Å². The highest BCUT2D eigenvalue weighted by Gasteiger charge is 2.27. The van der Waals surface area contributed by atoms with Crippen molar-refractivity contribution in [2.75, 3.05) is 26.8 Å². The minimum Gasteiger partial charge on any atom is -0.497 e. The zero-order valence-electron chi connectivity index (χ0n) is 15.2. The van der Waals surface area contributed by atoms with Crippen LogP contribution in [0.2, 0.25) is 0 Å². The number of urea groups is 1. The number of unbranched alkanes of at least 4 members (excludes halogenated alkanes) is 1. The van der Waals surface area contributed by atoms with Crippen LogP contribution >= 0.6 is 0 Å². The fraction of sp³-hybridized carbons (Fsp3) is 0.381. The molecule has 1 aliphatic rings. The summed E-state index contributed by atoms with van der Waals surface area (Å²) < 4.78 is 5.20. The average molecular weight is 354 g/mol. The van der Waals surface area contributed by atoms with Crippen LogP contribution in [-0.4, -0.2) is 37.9 Å². The Balaban J connectivity index is 1.43. The Bertz CT molecular complexity index is 688. The SMILES string of the molecule is COc1ccc(C2CNC(=O)N(OCCCCc3ccccc3)C2)cc1. The number of benzene rings is 2. The number of methoxy groups -OCH3 is 1. The maximum atomic E-state index is 12.0. The molecule has 5 heteroatoms. The maximum Gasteiger partial charge on any atom is 0.341 e. The van der Waals surface area contributed by atoms with Crippen molar-refractivity contribution in [3.05, 3.63) is 65.7 Å². The molecule has 0 aromatic heterocycles. The van der Waals surface area contributed by atoms with E-state index < -0.39 is 0 Å². The lowest BCUT2D eigenvalue weighted by molar-refractivity contribution is -0.127. The first-order valence-corrected chi connectivity index (χ1v) is 9.12. The molecule has 2 aromatic rings. The number of hydroxylamine groups is 2. The molecule has 2 amide bonds. The molecule has 138 valence electrons. The second kappa shape index (κ2) is 9.25. The van der Waals surface area contributed by atoms with Crippen LogP contribution in [0.25, 0.3) is 0 Å². The largest absolute Gasteiger partial charge is 0.497 e. The zero-order valence-corrected chi connectivity index (χ0v) is 15.2. The minimum atomic E-state index is -0.155. The Morgan fingerprint density at radius 3 is 2.58 bits per heavy atom. The molecule has 0 bridgehead atoms. The number of ether oxygens (including phenoxy) is 1. The lowest BCUT2D eigenvalue weighted by Crippen LogP contribution is -2.50. The van der Waals surface area contributed by atoms with E-state index in [0.29, 0.717) is 19.7 Å². The Kier molecular flexibility index (Phi) is 6.50. The van der Waals surface area contributed by atoms with Crippen molar-refractivity contribution < 1.29 is 14.4 Å². The summed E-state index contributed by atoms with van der Waals surface area (Å²) in [5, 5.41) is 4.37. The van der Waals surface area contributed by atoms with Gasteiger partial charge in [-0.25, -0.2) is 9.86 Å². The number of rotatable bonds is 8. The zero-order chi connectivity index (χ0) is 18.2. The molecule has 0 aliphatic carbocycles. The van der Waals surface area contributed by atoms with E-state index in [4.69, 9.17) is 9.57 Å². The first-order valence-electron chi connectivity index (χ1n) is 9.12. The lowest BCUT2D eigenvalue weighted by Gasteiger charge is -2.32. The standard InChI is InChI=1S/C21H26N2O3/c1-25-20-12-10-18(11-13-20)19-15-22-21(24)23(16-19)26-14-6-5-9-17-7-3-2-4-8-17/h2-4,7-8,10-13,19H,5-6,9,14-16H2,1H3,(H,22,24). The summed E-state index contributed by atoms with van der Waals surface area (Å²) in [5.74, 6) is 1.04. The van der Waals surface area contributed by atoms with E-state index in [2.05, 4.69) is 29.6 Å². The maximum absolute atomic E-state index is 12.0. The number of carbonyl (C=O) groups excluding carboxylic acids is 1. The van der Waals surface area contributed by atoms with Gasteiger partial charge >= 0.3 is 6.03 Å². The van der Waals surface area contributed by atoms with Crippen molar-refractivity contribution in [2.24, 2.45) is 0 Å². The fourth-order valence-electron chi connectivity index (χ4n) is 3.11. The Labute approximate surface area is 154 Å². The summed E-state index contributed by atoms with van der Waals surface area (Å²) in [6.07, 6.45) is 3.00. The number of hydrogen-bond donors (Lipinski definition) is 1. The Hall–Kier alpha value is -2.53. The molecule has 5 nitrogen and oxygen atoms in total. The molecule has 0 spiro atoms. The summed E-state index contributed by atoms with van der Waals surface area (Å²) in [4.78, 5) is 17.8. The van der Waals surface area contributed by atoms with Crippen LogP contribution in [0.5, 0.6) is 5.75 Å². The number of aryl methyl sites for hydroxylation is 1. The van der Waals surface area contributed by atoms with E-state index in [9.17, 15) is 4.79 Å². The van der Waals surface area contributed by atoms with E-state index in [1.807, 2.05) is 30.3 Å². The van der Waals surface area contributed by atoms with Crippen LogP contribution < -0.4 is 10.1 Å². The van der Waals surface area contributed by atoms with E-state index >= 15 is 0 Å². The lowest BCUT2D eigenvalue weighted by atomic mass is 9.97. The monoisotopic (exact) mass is 354 g/mol. The molecule has 1 aliphatic heterocycles. The minimum absolute atomic E-state index is 0.155. The first-order chi connectivity index (χ1) is 12.8. The molecule has 1 atom stereocenters. The van der Waals surface area contributed by atoms with Crippen LogP contribution in [0.3, 0.4) is 0 Å². The van der Waals surface area contributed by atoms with Crippen molar-refractivity contribution in [3.63, 3.8) is 0 Å². The molecule has 1 heterocycles. The number of hydrogen-bond acceptors (Lipinski definition) is 3. The molecular formula is C21H26N2O3. The summed E-state index contributed by atoms with van der Waals surface area (Å²) in [5.41, 5.74) is 2.51. The number of nitrogens with one attached hydrogen (secondary N) is 1. The normalized spacial score (nSPS) is 17.0. The molecule has 0 radical (unpaired) electrons. The molecule has 1 unspecified atom stereocenters. The average Bonchev–Trinajstić information content (AvgIpc) is 2.70. The summed E-state index contributed by atoms with van der Waals surface area (Å²) in [6.45, 7) is 1.74. The van der Waals surface area contributed by atoms with E-state index in [0.717, 1.165) is 25.0 Å². The molecule has 3 rings (SSSR count). The molecule has 26 heavy (non-hydrogen) atoms. The van der Waals surface area contributed by atoms with Crippen molar-refractivity contribution in [2.45, 2.75) is 25.2 Å². The van der Waals surface area contributed by atoms with Crippen molar-refractivity contribution >= 4 is 6.03 Å². The van der Waals surface area contributed by atoms with Gasteiger partial charge in [0.15, 0.2) is 0 Å². The van der Waals surface area contributed by atoms with Gasteiger partial charge in [0.25, 0.3) is 0 Å². The van der Waals surface area contributed by atoms with Gasteiger partial charge in [-0.05, 0) is 42.5 Å². The smallest absolute Gasteiger partial charge is 0.341 e. The third-order valence-electron chi connectivity index (χ3n) is 4.65. The number of carbonyl (C=O) groups is 1. The van der Waals surface area contributed by atoms with Crippen molar-refractivity contribution in [3.8, 4) is 5.75 Å². The number of nitrogens with zero attached hydrogens (tertiary/aromatic N) is 1. The first kappa shape index (κ1) is 18.3. The molecule has 1 N–H and O–H groups in total. The molecule has 2 aromatic carbocycles. The van der Waals surface area contributed by atoms with Gasteiger partial charge in [-0.1, -0.05) is 42.5 Å². The van der Waals surface area contributed by atoms with Crippen LogP contribution in [0.1, 0.15) is 29.9 Å². The highest BCUT2D eigenvalue weighted by Crippen LogP contribution is 2.22. The number of amides is 2. The van der Waals surface area contributed by atoms with E-state index in [-0.39, 0.29) is 11.9 Å². The van der Waals surface area contributed by atoms with Crippen molar-refractivity contribution in [1.29, 1.82) is 0 Å². The third kappa shape index (κ3) is 4.99. The molecule has 1 saturated heterocycles. The fourth-order valence-corrected chi connectivity index (χ4v) is 3.11. The second-order valence-corrected chi connectivity index (χ2v) is 6.49.